The van der Waals surface area contributed by atoms with E-state index in [1.54, 1.807) is 19.2 Å². The van der Waals surface area contributed by atoms with Crippen LogP contribution < -0.4 is 14.8 Å². The molecular weight excluding hydrogens is 375 g/mol. The van der Waals surface area contributed by atoms with Crippen LogP contribution in [0.15, 0.2) is 23.2 Å². The van der Waals surface area contributed by atoms with Crippen molar-refractivity contribution in [2.24, 2.45) is 10.9 Å². The fourth-order valence-corrected chi connectivity index (χ4v) is 2.51. The van der Waals surface area contributed by atoms with Crippen molar-refractivity contribution in [3.8, 4) is 11.5 Å². The lowest BCUT2D eigenvalue weighted by molar-refractivity contribution is -0.153. The molecule has 1 aromatic rings. The third-order valence-electron chi connectivity index (χ3n) is 4.26. The van der Waals surface area contributed by atoms with Gasteiger partial charge in [0.1, 0.15) is 0 Å². The van der Waals surface area contributed by atoms with Crippen LogP contribution in [0.2, 0.25) is 0 Å². The maximum atomic E-state index is 12.3. The zero-order chi connectivity index (χ0) is 20.6. The molecule has 0 bridgehead atoms. The van der Waals surface area contributed by atoms with E-state index < -0.39 is 12.8 Å². The molecule has 9 heteroatoms. The maximum Gasteiger partial charge on any atom is 0.422 e. The first-order chi connectivity index (χ1) is 13.3. The van der Waals surface area contributed by atoms with Gasteiger partial charge >= 0.3 is 6.18 Å². The highest BCUT2D eigenvalue weighted by molar-refractivity contribution is 5.79. The van der Waals surface area contributed by atoms with Crippen molar-refractivity contribution in [2.75, 3.05) is 47.6 Å². The summed E-state index contributed by atoms with van der Waals surface area (Å²) < 4.78 is 52.6. The average Bonchev–Trinajstić information content (AvgIpc) is 3.48. The first-order valence-electron chi connectivity index (χ1n) is 9.18. The largest absolute Gasteiger partial charge is 0.493 e. The molecule has 158 valence electrons. The Morgan fingerprint density at radius 2 is 2.04 bits per heavy atom. The molecule has 0 aliphatic heterocycles. The van der Waals surface area contributed by atoms with Crippen molar-refractivity contribution in [3.63, 3.8) is 0 Å². The Balaban J connectivity index is 1.83. The van der Waals surface area contributed by atoms with Gasteiger partial charge in [-0.15, -0.1) is 0 Å². The molecule has 0 atom stereocenters. The van der Waals surface area contributed by atoms with E-state index in [1.165, 1.54) is 26.0 Å². The topological polar surface area (TPSA) is 55.3 Å². The Labute approximate surface area is 163 Å². The summed E-state index contributed by atoms with van der Waals surface area (Å²) in [6.45, 7) is 1.24. The van der Waals surface area contributed by atoms with Crippen LogP contribution in [0.25, 0.3) is 0 Å². The van der Waals surface area contributed by atoms with E-state index in [1.807, 2.05) is 11.9 Å². The van der Waals surface area contributed by atoms with Crippen LogP contribution in [-0.4, -0.2) is 64.6 Å². The second-order valence-electron chi connectivity index (χ2n) is 6.73. The van der Waals surface area contributed by atoms with Gasteiger partial charge in [-0.2, -0.15) is 13.2 Å². The summed E-state index contributed by atoms with van der Waals surface area (Å²) in [5.41, 5.74) is 0.829. The summed E-state index contributed by atoms with van der Waals surface area (Å²) in [6, 6.07) is 4.80. The molecule has 0 heterocycles. The Kier molecular flexibility index (Phi) is 8.22. The molecule has 28 heavy (non-hydrogen) atoms. The van der Waals surface area contributed by atoms with Crippen molar-refractivity contribution < 1.29 is 27.4 Å². The van der Waals surface area contributed by atoms with Crippen molar-refractivity contribution in [3.05, 3.63) is 23.8 Å². The number of alkyl halides is 3. The van der Waals surface area contributed by atoms with E-state index in [0.29, 0.717) is 25.7 Å². The molecule has 1 saturated carbocycles. The lowest BCUT2D eigenvalue weighted by atomic mass is 10.2. The van der Waals surface area contributed by atoms with E-state index in [-0.39, 0.29) is 11.5 Å². The number of likely N-dealkylation sites (N-methyl/N-ethyl adjacent to an activating group) is 1. The number of guanidine groups is 1. The summed E-state index contributed by atoms with van der Waals surface area (Å²) in [5.74, 6) is 1.74. The molecule has 0 saturated heterocycles. The summed E-state index contributed by atoms with van der Waals surface area (Å²) in [7, 11) is 5.00. The quantitative estimate of drug-likeness (QED) is 0.370. The van der Waals surface area contributed by atoms with Gasteiger partial charge in [-0.3, -0.25) is 4.99 Å². The molecule has 1 aliphatic carbocycles. The summed E-state index contributed by atoms with van der Waals surface area (Å²) in [5, 5.41) is 3.22. The molecule has 1 aliphatic rings. The van der Waals surface area contributed by atoms with Gasteiger partial charge < -0.3 is 24.4 Å². The van der Waals surface area contributed by atoms with Crippen LogP contribution in [0.1, 0.15) is 18.4 Å². The number of methoxy groups -OCH3 is 1. The number of hydrogen-bond acceptors (Lipinski definition) is 4. The molecule has 0 unspecified atom stereocenters. The SMILES string of the molecule is CN=C(NCc1ccc(OCC(F)(F)F)c(OC)c1)N(C)CCOCC1CC1. The summed E-state index contributed by atoms with van der Waals surface area (Å²) >= 11 is 0. The minimum atomic E-state index is -4.40. The molecular formula is C19H28F3N3O3. The zero-order valence-electron chi connectivity index (χ0n) is 16.5. The zero-order valence-corrected chi connectivity index (χ0v) is 16.5. The van der Waals surface area contributed by atoms with Gasteiger partial charge in [0.15, 0.2) is 24.1 Å². The van der Waals surface area contributed by atoms with Crippen LogP contribution in [0.4, 0.5) is 13.2 Å². The third-order valence-corrected chi connectivity index (χ3v) is 4.26. The van der Waals surface area contributed by atoms with Crippen molar-refractivity contribution >= 4 is 5.96 Å². The van der Waals surface area contributed by atoms with Gasteiger partial charge in [0.2, 0.25) is 0 Å². The fraction of sp³-hybridized carbons (Fsp3) is 0.632. The van der Waals surface area contributed by atoms with Gasteiger partial charge in [-0.05, 0) is 36.5 Å². The lowest BCUT2D eigenvalue weighted by Crippen LogP contribution is -2.40. The molecule has 0 spiro atoms. The number of nitrogens with one attached hydrogen (secondary N) is 1. The van der Waals surface area contributed by atoms with Crippen molar-refractivity contribution in [1.82, 2.24) is 10.2 Å². The average molecular weight is 403 g/mol. The standard InChI is InChI=1S/C19H28F3N3O3/c1-23-18(25(2)8-9-27-12-14-4-5-14)24-11-15-6-7-16(17(10-15)26-3)28-13-19(20,21)22/h6-7,10,14H,4-5,8-9,11-13H2,1-3H3,(H,23,24). The van der Waals surface area contributed by atoms with E-state index >= 15 is 0 Å². The molecule has 0 radical (unpaired) electrons. The van der Waals surface area contributed by atoms with Gasteiger partial charge in [0.25, 0.3) is 0 Å². The van der Waals surface area contributed by atoms with Gasteiger partial charge in [-0.1, -0.05) is 6.07 Å². The molecule has 1 N–H and O–H groups in total. The number of ether oxygens (including phenoxy) is 3. The Morgan fingerprint density at radius 3 is 2.64 bits per heavy atom. The predicted molar refractivity (Wildman–Crippen MR) is 101 cm³/mol. The van der Waals surface area contributed by atoms with E-state index in [0.717, 1.165) is 18.1 Å². The lowest BCUT2D eigenvalue weighted by Gasteiger charge is -2.22. The molecule has 0 amide bonds. The second kappa shape index (κ2) is 10.4. The molecule has 1 aromatic carbocycles. The summed E-state index contributed by atoms with van der Waals surface area (Å²) in [4.78, 5) is 6.20. The van der Waals surface area contributed by atoms with Crippen LogP contribution in [0.3, 0.4) is 0 Å². The van der Waals surface area contributed by atoms with Gasteiger partial charge in [0.05, 0.1) is 13.7 Å². The van der Waals surface area contributed by atoms with Crippen LogP contribution in [0, 0.1) is 5.92 Å². The minimum Gasteiger partial charge on any atom is -0.493 e. The Hall–Kier alpha value is -2.16. The number of benzene rings is 1. The highest BCUT2D eigenvalue weighted by Crippen LogP contribution is 2.30. The second-order valence-corrected chi connectivity index (χ2v) is 6.73. The molecule has 2 rings (SSSR count). The van der Waals surface area contributed by atoms with Crippen molar-refractivity contribution in [2.45, 2.75) is 25.6 Å². The van der Waals surface area contributed by atoms with Crippen LogP contribution in [0.5, 0.6) is 11.5 Å². The number of aliphatic imine (C=N–C) groups is 1. The number of hydrogen-bond donors (Lipinski definition) is 1. The summed E-state index contributed by atoms with van der Waals surface area (Å²) in [6.07, 6.45) is -1.87. The molecule has 0 aromatic heterocycles. The fourth-order valence-electron chi connectivity index (χ4n) is 2.51. The first kappa shape index (κ1) is 22.1. The Bertz CT molecular complexity index is 649. The molecule has 6 nitrogen and oxygen atoms in total. The van der Waals surface area contributed by atoms with Gasteiger partial charge in [0, 0.05) is 33.8 Å². The van der Waals surface area contributed by atoms with Gasteiger partial charge in [-0.25, -0.2) is 0 Å². The number of nitrogens with zero attached hydrogens (tertiary/aromatic N) is 2. The van der Waals surface area contributed by atoms with Crippen LogP contribution >= 0.6 is 0 Å². The van der Waals surface area contributed by atoms with Crippen LogP contribution in [-0.2, 0) is 11.3 Å². The highest BCUT2D eigenvalue weighted by Gasteiger charge is 2.29. The maximum absolute atomic E-state index is 12.3. The van der Waals surface area contributed by atoms with E-state index in [2.05, 4.69) is 10.3 Å². The third kappa shape index (κ3) is 7.84. The minimum absolute atomic E-state index is 0.0536. The number of rotatable bonds is 10. The van der Waals surface area contributed by atoms with E-state index in [4.69, 9.17) is 14.2 Å². The normalized spacial score (nSPS) is 14.7. The van der Waals surface area contributed by atoms with Crippen molar-refractivity contribution in [1.29, 1.82) is 0 Å². The Morgan fingerprint density at radius 1 is 1.29 bits per heavy atom. The number of halogens is 3. The predicted octanol–water partition coefficient (Wildman–Crippen LogP) is 3.07. The smallest absolute Gasteiger partial charge is 0.422 e. The first-order valence-corrected chi connectivity index (χ1v) is 9.18. The molecule has 1 fully saturated rings. The monoisotopic (exact) mass is 403 g/mol. The van der Waals surface area contributed by atoms with E-state index in [9.17, 15) is 13.2 Å². The highest BCUT2D eigenvalue weighted by atomic mass is 19.4.